The number of amides is 3. The number of fused-ring (bicyclic) bond motifs is 1. The van der Waals surface area contributed by atoms with Crippen molar-refractivity contribution in [2.45, 2.75) is 25.8 Å². The molecule has 1 atom stereocenters. The molecule has 1 saturated heterocycles. The molecule has 3 amide bonds. The van der Waals surface area contributed by atoms with Gasteiger partial charge in [-0.1, -0.05) is 18.2 Å². The van der Waals surface area contributed by atoms with Crippen LogP contribution in [0.4, 0.5) is 9.18 Å². The molecule has 183 valence electrons. The molecule has 35 heavy (non-hydrogen) atoms. The van der Waals surface area contributed by atoms with Gasteiger partial charge in [-0.2, -0.15) is 0 Å². The second-order valence-electron chi connectivity index (χ2n) is 8.26. The topological polar surface area (TPSA) is 126 Å². The highest BCUT2D eigenvalue weighted by Gasteiger charge is 2.24. The molecule has 1 aliphatic heterocycles. The van der Waals surface area contributed by atoms with E-state index in [0.29, 0.717) is 42.6 Å². The standard InChI is InChI=1S/C25H24FN4O4.ClH/c1-14-4-5-17-13-19(31)20(21(26)22(17)28-14)23(32)15-6-8-16(9-7-15)24(33)29-18-3-2-11-30(12-10-18)25(27)34;/h4-10,13,18,31H,2-3,11-12H2,1H3,(H2,27,34)(H,29,33);1H/t18-;/m0./s1. The Morgan fingerprint density at radius 3 is 2.51 bits per heavy atom. The number of ketones is 1. The number of halogens is 2. The van der Waals surface area contributed by atoms with Crippen molar-refractivity contribution in [2.24, 2.45) is 5.73 Å². The summed E-state index contributed by atoms with van der Waals surface area (Å²) in [6, 6.07) is 9.65. The van der Waals surface area contributed by atoms with Gasteiger partial charge < -0.3 is 21.1 Å². The van der Waals surface area contributed by atoms with Crippen LogP contribution in [0.15, 0.2) is 42.5 Å². The quantitative estimate of drug-likeness (QED) is 0.473. The second-order valence-corrected chi connectivity index (χ2v) is 8.26. The first-order chi connectivity index (χ1) is 16.2. The zero-order chi connectivity index (χ0) is 24.4. The third-order valence-electron chi connectivity index (χ3n) is 5.86. The third kappa shape index (κ3) is 5.51. The minimum absolute atomic E-state index is 0. The van der Waals surface area contributed by atoms with Gasteiger partial charge in [-0.05, 0) is 44.0 Å². The summed E-state index contributed by atoms with van der Waals surface area (Å²) in [6.07, 6.45) is 3.20. The van der Waals surface area contributed by atoms with Crippen molar-refractivity contribution in [3.05, 3.63) is 77.1 Å². The number of carbonyl (C=O) groups is 3. The minimum atomic E-state index is -0.889. The lowest BCUT2D eigenvalue weighted by Crippen LogP contribution is -2.39. The number of phenolic OH excluding ortho intramolecular Hbond substituents is 1. The molecule has 1 aliphatic rings. The van der Waals surface area contributed by atoms with Gasteiger partial charge in [0.1, 0.15) is 16.8 Å². The van der Waals surface area contributed by atoms with Gasteiger partial charge in [-0.15, -0.1) is 12.4 Å². The van der Waals surface area contributed by atoms with Gasteiger partial charge in [0.15, 0.2) is 11.6 Å². The van der Waals surface area contributed by atoms with E-state index >= 15 is 4.39 Å². The van der Waals surface area contributed by atoms with Crippen LogP contribution in [0, 0.1) is 19.2 Å². The summed E-state index contributed by atoms with van der Waals surface area (Å²) in [5.41, 5.74) is 5.88. The van der Waals surface area contributed by atoms with Crippen LogP contribution < -0.4 is 11.1 Å². The Morgan fingerprint density at radius 2 is 1.83 bits per heavy atom. The molecule has 4 rings (SSSR count). The van der Waals surface area contributed by atoms with E-state index in [-0.39, 0.29) is 35.4 Å². The molecule has 0 aliphatic carbocycles. The second kappa shape index (κ2) is 10.7. The Bertz CT molecular complexity index is 1280. The number of aryl methyl sites for hydroxylation is 1. The number of hydrogen-bond acceptors (Lipinski definition) is 5. The zero-order valence-corrected chi connectivity index (χ0v) is 19.8. The Hall–Kier alpha value is -3.72. The molecule has 0 spiro atoms. The number of nitrogens with zero attached hydrogens (tertiary/aromatic N) is 2. The van der Waals surface area contributed by atoms with Gasteiger partial charge in [0.2, 0.25) is 0 Å². The Morgan fingerprint density at radius 1 is 1.14 bits per heavy atom. The van der Waals surface area contributed by atoms with Gasteiger partial charge in [-0.3, -0.25) is 14.6 Å². The lowest BCUT2D eigenvalue weighted by Gasteiger charge is -2.18. The van der Waals surface area contributed by atoms with Crippen molar-refractivity contribution in [3.63, 3.8) is 0 Å². The summed E-state index contributed by atoms with van der Waals surface area (Å²) in [7, 11) is 0. The zero-order valence-electron chi connectivity index (χ0n) is 19.0. The Labute approximate surface area is 207 Å². The van der Waals surface area contributed by atoms with Gasteiger partial charge in [0.25, 0.3) is 5.91 Å². The number of primary amides is 1. The van der Waals surface area contributed by atoms with E-state index in [1.165, 1.54) is 35.2 Å². The predicted octanol–water partition coefficient (Wildman–Crippen LogP) is 3.52. The van der Waals surface area contributed by atoms with Crippen molar-refractivity contribution >= 4 is 41.0 Å². The van der Waals surface area contributed by atoms with E-state index in [2.05, 4.69) is 10.3 Å². The van der Waals surface area contributed by atoms with Crippen LogP contribution in [0.1, 0.15) is 44.8 Å². The van der Waals surface area contributed by atoms with Crippen LogP contribution in [-0.2, 0) is 0 Å². The van der Waals surface area contributed by atoms with Crippen molar-refractivity contribution in [3.8, 4) is 5.75 Å². The molecule has 3 aromatic rings. The fourth-order valence-electron chi connectivity index (χ4n) is 3.99. The molecule has 8 nitrogen and oxygen atoms in total. The largest absolute Gasteiger partial charge is 0.507 e. The molecule has 1 fully saturated rings. The third-order valence-corrected chi connectivity index (χ3v) is 5.86. The number of nitrogens with two attached hydrogens (primary N) is 1. The van der Waals surface area contributed by atoms with E-state index < -0.39 is 28.9 Å². The first-order valence-corrected chi connectivity index (χ1v) is 10.9. The van der Waals surface area contributed by atoms with Crippen molar-refractivity contribution in [1.82, 2.24) is 15.2 Å². The number of urea groups is 1. The van der Waals surface area contributed by atoms with Crippen molar-refractivity contribution < 1.29 is 23.9 Å². The van der Waals surface area contributed by atoms with E-state index in [1.807, 2.05) is 6.42 Å². The van der Waals surface area contributed by atoms with E-state index in [4.69, 9.17) is 5.73 Å². The molecule has 0 saturated carbocycles. The number of nitrogens with one attached hydrogen (secondary N) is 1. The molecular formula is C25H25ClFN4O4. The lowest BCUT2D eigenvalue weighted by molar-refractivity contribution is 0.0939. The molecule has 10 heteroatoms. The molecule has 2 aromatic carbocycles. The molecule has 2 heterocycles. The molecule has 0 unspecified atom stereocenters. The number of phenols is 1. The molecule has 1 aromatic heterocycles. The van der Waals surface area contributed by atoms with Gasteiger partial charge in [0.05, 0.1) is 0 Å². The number of hydrogen-bond donors (Lipinski definition) is 3. The molecule has 0 bridgehead atoms. The highest BCUT2D eigenvalue weighted by molar-refractivity contribution is 6.13. The first-order valence-electron chi connectivity index (χ1n) is 10.9. The van der Waals surface area contributed by atoms with Crippen molar-refractivity contribution in [1.29, 1.82) is 0 Å². The Kier molecular flexibility index (Phi) is 7.91. The molecule has 1 radical (unpaired) electrons. The van der Waals surface area contributed by atoms with Crippen LogP contribution in [-0.4, -0.2) is 51.8 Å². The smallest absolute Gasteiger partial charge is 0.314 e. The van der Waals surface area contributed by atoms with Gasteiger partial charge >= 0.3 is 6.03 Å². The van der Waals surface area contributed by atoms with Crippen LogP contribution in [0.3, 0.4) is 0 Å². The normalized spacial score (nSPS) is 15.7. The monoisotopic (exact) mass is 499 g/mol. The fraction of sp³-hybridized carbons (Fsp3) is 0.240. The summed E-state index contributed by atoms with van der Waals surface area (Å²) in [5.74, 6) is -2.42. The summed E-state index contributed by atoms with van der Waals surface area (Å²) in [5, 5.41) is 13.6. The molecule has 4 N–H and O–H groups in total. The summed E-state index contributed by atoms with van der Waals surface area (Å²) >= 11 is 0. The average molecular weight is 500 g/mol. The fourth-order valence-corrected chi connectivity index (χ4v) is 3.99. The van der Waals surface area contributed by atoms with Crippen LogP contribution in [0.25, 0.3) is 10.9 Å². The first kappa shape index (κ1) is 25.9. The lowest BCUT2D eigenvalue weighted by atomic mass is 9.98. The summed E-state index contributed by atoms with van der Waals surface area (Å²) < 4.78 is 15.1. The number of aromatic nitrogens is 1. The predicted molar refractivity (Wildman–Crippen MR) is 131 cm³/mol. The van der Waals surface area contributed by atoms with Gasteiger partial charge in [-0.25, -0.2) is 9.18 Å². The van der Waals surface area contributed by atoms with Crippen LogP contribution in [0.5, 0.6) is 5.75 Å². The summed E-state index contributed by atoms with van der Waals surface area (Å²) in [6.45, 7) is 2.59. The maximum Gasteiger partial charge on any atom is 0.314 e. The molecular weight excluding hydrogens is 475 g/mol. The number of carbonyl (C=O) groups excluding carboxylic acids is 3. The van der Waals surface area contributed by atoms with E-state index in [0.717, 1.165) is 0 Å². The number of aromatic hydroxyl groups is 1. The Balaban J connectivity index is 0.00000342. The maximum absolute atomic E-state index is 15.1. The van der Waals surface area contributed by atoms with Crippen LogP contribution in [0.2, 0.25) is 0 Å². The number of benzene rings is 2. The van der Waals surface area contributed by atoms with Crippen molar-refractivity contribution in [2.75, 3.05) is 13.1 Å². The highest BCUT2D eigenvalue weighted by atomic mass is 35.5. The van der Waals surface area contributed by atoms with Crippen LogP contribution >= 0.6 is 12.4 Å². The number of pyridine rings is 1. The average Bonchev–Trinajstić information content (AvgIpc) is 3.05. The SMILES string of the molecule is Cc1ccc2cc(O)c(C(=O)c3ccc(C(=O)N[C@@H]4[CH]CN(C(N)=O)CCC4)cc3)c(F)c2n1.Cl. The maximum atomic E-state index is 15.1. The van der Waals surface area contributed by atoms with E-state index in [1.54, 1.807) is 19.1 Å². The minimum Gasteiger partial charge on any atom is -0.507 e. The number of rotatable bonds is 4. The van der Waals surface area contributed by atoms with E-state index in [9.17, 15) is 19.5 Å². The highest BCUT2D eigenvalue weighted by Crippen LogP contribution is 2.30. The van der Waals surface area contributed by atoms with Gasteiger partial charge in [0, 0.05) is 47.8 Å². The summed E-state index contributed by atoms with van der Waals surface area (Å²) in [4.78, 5) is 42.6. The number of likely N-dealkylation sites (tertiary alicyclic amines) is 1.